The van der Waals surface area contributed by atoms with E-state index in [2.05, 4.69) is 54.5 Å². The Hall–Kier alpha value is -2.40. The number of aryl methyl sites for hydroxylation is 3. The molecule has 124 valence electrons. The van der Waals surface area contributed by atoms with Crippen molar-refractivity contribution in [1.29, 1.82) is 0 Å². The Balaban J connectivity index is 2.02. The first kappa shape index (κ1) is 16.5. The number of aromatic amines is 1. The molecule has 4 nitrogen and oxygen atoms in total. The van der Waals surface area contributed by atoms with Crippen molar-refractivity contribution in [2.24, 2.45) is 0 Å². The van der Waals surface area contributed by atoms with Gasteiger partial charge in [-0.25, -0.2) is 0 Å². The number of thiophene rings is 1. The summed E-state index contributed by atoms with van der Waals surface area (Å²) in [6, 6.07) is 9.98. The van der Waals surface area contributed by atoms with Crippen molar-refractivity contribution < 1.29 is 4.79 Å². The quantitative estimate of drug-likeness (QED) is 0.690. The van der Waals surface area contributed by atoms with Gasteiger partial charge in [0, 0.05) is 5.56 Å². The molecule has 5 heteroatoms. The average Bonchev–Trinajstić information content (AvgIpc) is 3.19. The highest BCUT2D eigenvalue weighted by atomic mass is 32.1. The molecule has 0 saturated heterocycles. The standard InChI is InChI=1S/C19H21N3OS/c1-4-6-15-18(20-19(23)16-7-5-10-24-16)17(22-21-15)14-9-8-12(2)11-13(14)3/h5,7-11H,4,6H2,1-3H3,(H,20,23)(H,21,22). The van der Waals surface area contributed by atoms with Crippen LogP contribution in [0.15, 0.2) is 35.7 Å². The van der Waals surface area contributed by atoms with E-state index in [1.807, 2.05) is 17.5 Å². The fraction of sp³-hybridized carbons (Fsp3) is 0.263. The molecule has 0 unspecified atom stereocenters. The van der Waals surface area contributed by atoms with E-state index < -0.39 is 0 Å². The first-order valence-corrected chi connectivity index (χ1v) is 8.97. The van der Waals surface area contributed by atoms with Gasteiger partial charge in [0.1, 0.15) is 5.69 Å². The van der Waals surface area contributed by atoms with Gasteiger partial charge in [0.2, 0.25) is 0 Å². The molecule has 0 radical (unpaired) electrons. The van der Waals surface area contributed by atoms with Gasteiger partial charge in [0.05, 0.1) is 16.3 Å². The highest BCUT2D eigenvalue weighted by Gasteiger charge is 2.19. The summed E-state index contributed by atoms with van der Waals surface area (Å²) in [4.78, 5) is 13.2. The predicted molar refractivity (Wildman–Crippen MR) is 99.8 cm³/mol. The van der Waals surface area contributed by atoms with Crippen molar-refractivity contribution in [3.05, 3.63) is 57.4 Å². The first-order valence-electron chi connectivity index (χ1n) is 8.10. The van der Waals surface area contributed by atoms with E-state index in [0.717, 1.165) is 41.0 Å². The minimum absolute atomic E-state index is 0.0882. The lowest BCUT2D eigenvalue weighted by Gasteiger charge is -2.10. The van der Waals surface area contributed by atoms with Crippen molar-refractivity contribution in [3.8, 4) is 11.3 Å². The summed E-state index contributed by atoms with van der Waals surface area (Å²) in [7, 11) is 0. The molecule has 3 rings (SSSR count). The van der Waals surface area contributed by atoms with Gasteiger partial charge in [-0.2, -0.15) is 5.10 Å². The lowest BCUT2D eigenvalue weighted by Crippen LogP contribution is -2.12. The zero-order valence-electron chi connectivity index (χ0n) is 14.1. The fourth-order valence-corrected chi connectivity index (χ4v) is 3.42. The number of hydrogen-bond donors (Lipinski definition) is 2. The smallest absolute Gasteiger partial charge is 0.265 e. The van der Waals surface area contributed by atoms with Crippen LogP contribution >= 0.6 is 11.3 Å². The van der Waals surface area contributed by atoms with E-state index in [4.69, 9.17) is 0 Å². The maximum atomic E-state index is 12.5. The normalized spacial score (nSPS) is 10.8. The molecule has 2 aromatic heterocycles. The molecule has 1 aromatic carbocycles. The van der Waals surface area contributed by atoms with Crippen LogP contribution in [0.2, 0.25) is 0 Å². The lowest BCUT2D eigenvalue weighted by atomic mass is 10.0. The zero-order chi connectivity index (χ0) is 17.1. The zero-order valence-corrected chi connectivity index (χ0v) is 15.0. The Morgan fingerprint density at radius 2 is 2.12 bits per heavy atom. The van der Waals surface area contributed by atoms with Crippen LogP contribution in [0.4, 0.5) is 5.69 Å². The van der Waals surface area contributed by atoms with E-state index >= 15 is 0 Å². The molecule has 0 aliphatic heterocycles. The van der Waals surface area contributed by atoms with E-state index in [1.165, 1.54) is 16.9 Å². The molecular formula is C19H21N3OS. The summed E-state index contributed by atoms with van der Waals surface area (Å²) in [5, 5.41) is 12.6. The van der Waals surface area contributed by atoms with Crippen LogP contribution in [-0.2, 0) is 6.42 Å². The van der Waals surface area contributed by atoms with Crippen LogP contribution in [0.1, 0.15) is 39.8 Å². The number of H-pyrrole nitrogens is 1. The Morgan fingerprint density at radius 1 is 1.29 bits per heavy atom. The number of nitrogens with one attached hydrogen (secondary N) is 2. The summed E-state index contributed by atoms with van der Waals surface area (Å²) in [6.07, 6.45) is 1.83. The van der Waals surface area contributed by atoms with Crippen LogP contribution in [0.5, 0.6) is 0 Å². The van der Waals surface area contributed by atoms with Gasteiger partial charge in [-0.05, 0) is 37.3 Å². The maximum absolute atomic E-state index is 12.5. The predicted octanol–water partition coefficient (Wildman–Crippen LogP) is 4.96. The van der Waals surface area contributed by atoms with Crippen molar-refractivity contribution in [2.45, 2.75) is 33.6 Å². The Bertz CT molecular complexity index is 850. The van der Waals surface area contributed by atoms with Gasteiger partial charge in [0.15, 0.2) is 0 Å². The van der Waals surface area contributed by atoms with Crippen molar-refractivity contribution in [2.75, 3.05) is 5.32 Å². The summed E-state index contributed by atoms with van der Waals surface area (Å²) < 4.78 is 0. The molecule has 2 heterocycles. The van der Waals surface area contributed by atoms with Crippen molar-refractivity contribution in [3.63, 3.8) is 0 Å². The van der Waals surface area contributed by atoms with Gasteiger partial charge < -0.3 is 5.32 Å². The van der Waals surface area contributed by atoms with Gasteiger partial charge in [-0.3, -0.25) is 9.89 Å². The number of amides is 1. The second-order valence-electron chi connectivity index (χ2n) is 5.93. The molecule has 0 atom stereocenters. The minimum atomic E-state index is -0.0882. The van der Waals surface area contributed by atoms with Gasteiger partial charge in [0.25, 0.3) is 5.91 Å². The van der Waals surface area contributed by atoms with Crippen LogP contribution in [0.25, 0.3) is 11.3 Å². The molecule has 0 saturated carbocycles. The number of rotatable bonds is 5. The van der Waals surface area contributed by atoms with Crippen molar-refractivity contribution in [1.82, 2.24) is 10.2 Å². The number of hydrogen-bond acceptors (Lipinski definition) is 3. The van der Waals surface area contributed by atoms with E-state index in [1.54, 1.807) is 0 Å². The largest absolute Gasteiger partial charge is 0.318 e. The third-order valence-electron chi connectivity index (χ3n) is 3.96. The molecule has 3 aromatic rings. The highest BCUT2D eigenvalue weighted by Crippen LogP contribution is 2.32. The number of anilines is 1. The third-order valence-corrected chi connectivity index (χ3v) is 4.83. The summed E-state index contributed by atoms with van der Waals surface area (Å²) >= 11 is 1.44. The Labute approximate surface area is 145 Å². The topological polar surface area (TPSA) is 57.8 Å². The molecule has 1 amide bonds. The van der Waals surface area contributed by atoms with Gasteiger partial charge >= 0.3 is 0 Å². The molecule has 0 fully saturated rings. The Kier molecular flexibility index (Phi) is 4.81. The summed E-state index contributed by atoms with van der Waals surface area (Å²) in [5.74, 6) is -0.0882. The number of aromatic nitrogens is 2. The second-order valence-corrected chi connectivity index (χ2v) is 6.87. The van der Waals surface area contributed by atoms with Gasteiger partial charge in [-0.15, -0.1) is 11.3 Å². The SMILES string of the molecule is CCCc1[nH]nc(-c2ccc(C)cc2C)c1NC(=O)c1cccs1. The minimum Gasteiger partial charge on any atom is -0.318 e. The molecule has 0 aliphatic carbocycles. The summed E-state index contributed by atoms with van der Waals surface area (Å²) in [6.45, 7) is 6.26. The number of benzene rings is 1. The molecule has 0 bridgehead atoms. The molecule has 24 heavy (non-hydrogen) atoms. The van der Waals surface area contributed by atoms with E-state index in [-0.39, 0.29) is 5.91 Å². The van der Waals surface area contributed by atoms with Crippen LogP contribution in [0, 0.1) is 13.8 Å². The average molecular weight is 339 g/mol. The molecule has 2 N–H and O–H groups in total. The maximum Gasteiger partial charge on any atom is 0.265 e. The van der Waals surface area contributed by atoms with Crippen LogP contribution in [-0.4, -0.2) is 16.1 Å². The fourth-order valence-electron chi connectivity index (χ4n) is 2.80. The molecule has 0 spiro atoms. The Morgan fingerprint density at radius 3 is 2.79 bits per heavy atom. The molecular weight excluding hydrogens is 318 g/mol. The first-order chi connectivity index (χ1) is 11.6. The monoisotopic (exact) mass is 339 g/mol. The van der Waals surface area contributed by atoms with E-state index in [9.17, 15) is 4.79 Å². The second kappa shape index (κ2) is 7.01. The number of carbonyl (C=O) groups is 1. The lowest BCUT2D eigenvalue weighted by molar-refractivity contribution is 0.103. The number of carbonyl (C=O) groups excluding carboxylic acids is 1. The third kappa shape index (κ3) is 3.26. The summed E-state index contributed by atoms with van der Waals surface area (Å²) in [5.41, 5.74) is 5.97. The number of nitrogens with zero attached hydrogens (tertiary/aromatic N) is 1. The highest BCUT2D eigenvalue weighted by molar-refractivity contribution is 7.12. The van der Waals surface area contributed by atoms with Crippen molar-refractivity contribution >= 4 is 22.9 Å². The van der Waals surface area contributed by atoms with Crippen LogP contribution < -0.4 is 5.32 Å². The van der Waals surface area contributed by atoms with Crippen LogP contribution in [0.3, 0.4) is 0 Å². The van der Waals surface area contributed by atoms with Gasteiger partial charge in [-0.1, -0.05) is 43.2 Å². The molecule has 0 aliphatic rings. The van der Waals surface area contributed by atoms with E-state index in [0.29, 0.717) is 4.88 Å².